The molecule has 1 aromatic carbocycles. The van der Waals surface area contributed by atoms with Gasteiger partial charge in [-0.15, -0.1) is 0 Å². The summed E-state index contributed by atoms with van der Waals surface area (Å²) < 4.78 is 4.92. The Hall–Kier alpha value is -2.64. The monoisotopic (exact) mass is 282 g/mol. The quantitative estimate of drug-likeness (QED) is 0.440. The van der Waals surface area contributed by atoms with Crippen LogP contribution in [0.4, 0.5) is 5.69 Å². The number of benzene rings is 1. The molecule has 0 spiro atoms. The second kappa shape index (κ2) is 7.07. The second-order valence-electron chi connectivity index (χ2n) is 3.89. The van der Waals surface area contributed by atoms with Crippen LogP contribution in [0.25, 0.3) is 0 Å². The number of nitro groups is 1. The van der Waals surface area contributed by atoms with Crippen LogP contribution in [0, 0.1) is 10.1 Å². The number of ether oxygens (including phenoxy) is 1. The lowest BCUT2D eigenvalue weighted by Gasteiger charge is -2.07. The van der Waals surface area contributed by atoms with Crippen molar-refractivity contribution >= 4 is 17.6 Å². The van der Waals surface area contributed by atoms with E-state index in [4.69, 9.17) is 9.84 Å². The largest absolute Gasteiger partial charge is 0.497 e. The molecule has 8 nitrogen and oxygen atoms in total. The molecule has 0 bridgehead atoms. The lowest BCUT2D eigenvalue weighted by molar-refractivity contribution is -0.385. The number of carbonyl (C=O) groups is 2. The van der Waals surface area contributed by atoms with Crippen LogP contribution < -0.4 is 10.1 Å². The zero-order valence-electron chi connectivity index (χ0n) is 10.8. The lowest BCUT2D eigenvalue weighted by Crippen LogP contribution is -2.25. The van der Waals surface area contributed by atoms with Crippen LogP contribution in [-0.2, 0) is 4.79 Å². The van der Waals surface area contributed by atoms with Crippen LogP contribution in [0.5, 0.6) is 5.75 Å². The highest BCUT2D eigenvalue weighted by molar-refractivity contribution is 5.98. The first-order valence-corrected chi connectivity index (χ1v) is 5.78. The highest BCUT2D eigenvalue weighted by Gasteiger charge is 2.20. The smallest absolute Gasteiger partial charge is 0.303 e. The van der Waals surface area contributed by atoms with Crippen molar-refractivity contribution in [3.63, 3.8) is 0 Å². The number of nitrogens with zero attached hydrogens (tertiary/aromatic N) is 1. The third kappa shape index (κ3) is 4.23. The van der Waals surface area contributed by atoms with E-state index in [0.717, 1.165) is 0 Å². The fourth-order valence-corrected chi connectivity index (χ4v) is 1.52. The van der Waals surface area contributed by atoms with E-state index in [1.165, 1.54) is 25.3 Å². The highest BCUT2D eigenvalue weighted by atomic mass is 16.6. The van der Waals surface area contributed by atoms with Gasteiger partial charge in [-0.1, -0.05) is 0 Å². The summed E-state index contributed by atoms with van der Waals surface area (Å²) in [4.78, 5) is 32.4. The van der Waals surface area contributed by atoms with Gasteiger partial charge < -0.3 is 15.2 Å². The van der Waals surface area contributed by atoms with Gasteiger partial charge in [0.25, 0.3) is 11.6 Å². The molecule has 0 aromatic heterocycles. The molecule has 0 saturated carbocycles. The van der Waals surface area contributed by atoms with Crippen molar-refractivity contribution in [2.75, 3.05) is 13.7 Å². The van der Waals surface area contributed by atoms with Crippen molar-refractivity contribution < 1.29 is 24.4 Å². The third-order valence-electron chi connectivity index (χ3n) is 2.50. The molecule has 108 valence electrons. The number of nitro benzene ring substituents is 1. The Bertz CT molecular complexity index is 529. The van der Waals surface area contributed by atoms with E-state index in [9.17, 15) is 19.7 Å². The van der Waals surface area contributed by atoms with E-state index in [1.807, 2.05) is 0 Å². The van der Waals surface area contributed by atoms with Gasteiger partial charge >= 0.3 is 5.97 Å². The minimum absolute atomic E-state index is 0.0829. The van der Waals surface area contributed by atoms with Crippen molar-refractivity contribution in [3.05, 3.63) is 33.9 Å². The molecule has 0 heterocycles. The Kier molecular flexibility index (Phi) is 5.45. The van der Waals surface area contributed by atoms with E-state index in [-0.39, 0.29) is 30.6 Å². The average Bonchev–Trinajstić information content (AvgIpc) is 2.42. The minimum Gasteiger partial charge on any atom is -0.497 e. The Morgan fingerprint density at radius 2 is 2.15 bits per heavy atom. The number of hydrogen-bond acceptors (Lipinski definition) is 5. The summed E-state index contributed by atoms with van der Waals surface area (Å²) in [6, 6.07) is 3.84. The summed E-state index contributed by atoms with van der Waals surface area (Å²) in [6.07, 6.45) is 0.166. The third-order valence-corrected chi connectivity index (χ3v) is 2.50. The zero-order valence-corrected chi connectivity index (χ0v) is 10.8. The first-order valence-electron chi connectivity index (χ1n) is 5.78. The first kappa shape index (κ1) is 15.4. The molecule has 0 fully saturated rings. The summed E-state index contributed by atoms with van der Waals surface area (Å²) in [5.74, 6) is -1.28. The Labute approximate surface area is 114 Å². The number of carboxylic acids is 1. The number of carboxylic acid groups (broad SMARTS) is 1. The number of rotatable bonds is 7. The van der Waals surface area contributed by atoms with Crippen LogP contribution in [0.15, 0.2) is 18.2 Å². The number of aliphatic carboxylic acids is 1. The van der Waals surface area contributed by atoms with Crippen molar-refractivity contribution in [3.8, 4) is 5.75 Å². The maximum Gasteiger partial charge on any atom is 0.303 e. The summed E-state index contributed by atoms with van der Waals surface area (Å²) in [5.41, 5.74) is -0.453. The fourth-order valence-electron chi connectivity index (χ4n) is 1.52. The number of amides is 1. The zero-order chi connectivity index (χ0) is 15.1. The Balaban J connectivity index is 2.79. The van der Waals surface area contributed by atoms with Crippen LogP contribution in [-0.4, -0.2) is 35.6 Å². The van der Waals surface area contributed by atoms with Gasteiger partial charge in [-0.25, -0.2) is 0 Å². The molecule has 0 aliphatic heterocycles. The standard InChI is InChI=1S/C12H14N2O6/c1-20-8-4-5-10(14(18)19)9(7-8)12(17)13-6-2-3-11(15)16/h4-5,7H,2-3,6H2,1H3,(H,13,17)(H,15,16). The molecular weight excluding hydrogens is 268 g/mol. The molecule has 2 N–H and O–H groups in total. The molecule has 8 heteroatoms. The van der Waals surface area contributed by atoms with Crippen LogP contribution in [0.2, 0.25) is 0 Å². The molecule has 0 aliphatic carbocycles. The Morgan fingerprint density at radius 3 is 2.70 bits per heavy atom. The lowest BCUT2D eigenvalue weighted by atomic mass is 10.1. The van der Waals surface area contributed by atoms with E-state index < -0.39 is 16.8 Å². The van der Waals surface area contributed by atoms with Crippen molar-refractivity contribution in [2.45, 2.75) is 12.8 Å². The van der Waals surface area contributed by atoms with Gasteiger partial charge in [0.1, 0.15) is 11.3 Å². The summed E-state index contributed by atoms with van der Waals surface area (Å²) >= 11 is 0. The molecule has 0 radical (unpaired) electrons. The molecule has 0 unspecified atom stereocenters. The molecule has 0 saturated heterocycles. The van der Waals surface area contributed by atoms with Crippen LogP contribution in [0.3, 0.4) is 0 Å². The molecule has 0 atom stereocenters. The van der Waals surface area contributed by atoms with E-state index in [2.05, 4.69) is 5.32 Å². The molecule has 1 aromatic rings. The van der Waals surface area contributed by atoms with Gasteiger partial charge in [-0.05, 0) is 18.6 Å². The maximum absolute atomic E-state index is 11.9. The highest BCUT2D eigenvalue weighted by Crippen LogP contribution is 2.23. The van der Waals surface area contributed by atoms with Gasteiger partial charge in [-0.2, -0.15) is 0 Å². The normalized spacial score (nSPS) is 9.85. The predicted molar refractivity (Wildman–Crippen MR) is 68.9 cm³/mol. The number of nitrogens with one attached hydrogen (secondary N) is 1. The average molecular weight is 282 g/mol. The van der Waals surface area contributed by atoms with Gasteiger partial charge in [0.15, 0.2) is 0 Å². The predicted octanol–water partition coefficient (Wildman–Crippen LogP) is 1.20. The van der Waals surface area contributed by atoms with Crippen molar-refractivity contribution in [1.29, 1.82) is 0 Å². The number of carbonyl (C=O) groups excluding carboxylic acids is 1. The number of methoxy groups -OCH3 is 1. The first-order chi connectivity index (χ1) is 9.45. The van der Waals surface area contributed by atoms with Gasteiger partial charge in [0.2, 0.25) is 0 Å². The fraction of sp³-hybridized carbons (Fsp3) is 0.333. The van der Waals surface area contributed by atoms with Gasteiger partial charge in [0, 0.05) is 19.0 Å². The molecule has 1 amide bonds. The van der Waals surface area contributed by atoms with E-state index in [1.54, 1.807) is 0 Å². The Morgan fingerprint density at radius 1 is 1.45 bits per heavy atom. The van der Waals surface area contributed by atoms with Crippen LogP contribution in [0.1, 0.15) is 23.2 Å². The topological polar surface area (TPSA) is 119 Å². The molecule has 1 rings (SSSR count). The molecular formula is C12H14N2O6. The van der Waals surface area contributed by atoms with Crippen LogP contribution >= 0.6 is 0 Å². The van der Waals surface area contributed by atoms with Gasteiger partial charge in [-0.3, -0.25) is 19.7 Å². The molecule has 20 heavy (non-hydrogen) atoms. The number of hydrogen-bond donors (Lipinski definition) is 2. The maximum atomic E-state index is 11.9. The summed E-state index contributed by atoms with van der Waals surface area (Å²) in [5, 5.41) is 21.8. The summed E-state index contributed by atoms with van der Waals surface area (Å²) in [7, 11) is 1.38. The van der Waals surface area contributed by atoms with Gasteiger partial charge in [0.05, 0.1) is 12.0 Å². The summed E-state index contributed by atoms with van der Waals surface area (Å²) in [6.45, 7) is 0.125. The molecule has 0 aliphatic rings. The SMILES string of the molecule is COc1ccc([N+](=O)[O-])c(C(=O)NCCCC(=O)O)c1. The van der Waals surface area contributed by atoms with Crippen molar-refractivity contribution in [2.24, 2.45) is 0 Å². The second-order valence-corrected chi connectivity index (χ2v) is 3.89. The minimum atomic E-state index is -0.966. The van der Waals surface area contributed by atoms with E-state index in [0.29, 0.717) is 5.75 Å². The van der Waals surface area contributed by atoms with Crippen molar-refractivity contribution in [1.82, 2.24) is 5.32 Å². The van der Waals surface area contributed by atoms with E-state index >= 15 is 0 Å².